The molecule has 6 nitrogen and oxygen atoms in total. The van der Waals surface area contributed by atoms with Crippen LogP contribution >= 0.6 is 23.2 Å². The number of imide groups is 1. The SMILES string of the molecule is CCC1(CC)NC(=O)N(C[C@H](O)COc2c(Cl)cccc2Cl)C1=O. The number of hydrogen-bond donors (Lipinski definition) is 2. The third kappa shape index (κ3) is 3.61. The molecule has 2 rings (SSSR count). The standard InChI is InChI=1S/C16H20Cl2N2O4/c1-3-16(4-2)14(22)20(15(23)19-16)8-10(21)9-24-13-11(17)6-5-7-12(13)18/h5-7,10,21H,3-4,8-9H2,1-2H3,(H,19,23)/t10-/m0/s1. The number of hydrogen-bond acceptors (Lipinski definition) is 4. The normalized spacial score (nSPS) is 17.8. The zero-order valence-corrected chi connectivity index (χ0v) is 15.0. The van der Waals surface area contributed by atoms with E-state index in [1.165, 1.54) is 0 Å². The van der Waals surface area contributed by atoms with Crippen LogP contribution in [-0.4, -0.2) is 46.7 Å². The van der Waals surface area contributed by atoms with E-state index in [4.69, 9.17) is 27.9 Å². The molecule has 2 N–H and O–H groups in total. The van der Waals surface area contributed by atoms with Gasteiger partial charge >= 0.3 is 6.03 Å². The molecular weight excluding hydrogens is 355 g/mol. The third-order valence-corrected chi connectivity index (χ3v) is 4.78. The van der Waals surface area contributed by atoms with Crippen LogP contribution in [-0.2, 0) is 4.79 Å². The minimum atomic E-state index is -1.06. The first-order chi connectivity index (χ1) is 11.3. The van der Waals surface area contributed by atoms with Crippen molar-refractivity contribution in [3.63, 3.8) is 0 Å². The molecule has 132 valence electrons. The van der Waals surface area contributed by atoms with Crippen molar-refractivity contribution < 1.29 is 19.4 Å². The predicted molar refractivity (Wildman–Crippen MR) is 91.5 cm³/mol. The Morgan fingerprint density at radius 1 is 1.25 bits per heavy atom. The van der Waals surface area contributed by atoms with Crippen molar-refractivity contribution >= 4 is 35.1 Å². The van der Waals surface area contributed by atoms with Crippen molar-refractivity contribution in [2.75, 3.05) is 13.2 Å². The predicted octanol–water partition coefficient (Wildman–Crippen LogP) is 2.84. The number of carbonyl (C=O) groups is 2. The molecule has 0 unspecified atom stereocenters. The highest BCUT2D eigenvalue weighted by Gasteiger charge is 2.48. The molecule has 1 aromatic carbocycles. The summed E-state index contributed by atoms with van der Waals surface area (Å²) in [5.74, 6) is -0.0686. The maximum atomic E-state index is 12.5. The number of amides is 3. The summed E-state index contributed by atoms with van der Waals surface area (Å²) in [7, 11) is 0. The van der Waals surface area contributed by atoms with E-state index < -0.39 is 17.7 Å². The molecule has 1 saturated heterocycles. The molecule has 0 spiro atoms. The van der Waals surface area contributed by atoms with Gasteiger partial charge in [0, 0.05) is 0 Å². The Balaban J connectivity index is 1.99. The van der Waals surface area contributed by atoms with Gasteiger partial charge in [-0.2, -0.15) is 0 Å². The van der Waals surface area contributed by atoms with Crippen LogP contribution < -0.4 is 10.1 Å². The van der Waals surface area contributed by atoms with E-state index in [0.29, 0.717) is 22.9 Å². The fourth-order valence-electron chi connectivity index (χ4n) is 2.63. The van der Waals surface area contributed by atoms with Gasteiger partial charge in [-0.3, -0.25) is 9.69 Å². The molecule has 0 saturated carbocycles. The summed E-state index contributed by atoms with van der Waals surface area (Å²) in [5.41, 5.74) is -0.885. The minimum absolute atomic E-state index is 0.147. The van der Waals surface area contributed by atoms with Crippen molar-refractivity contribution in [1.29, 1.82) is 0 Å². The molecule has 0 aromatic heterocycles. The summed E-state index contributed by atoms with van der Waals surface area (Å²) in [6.45, 7) is 3.37. The van der Waals surface area contributed by atoms with Crippen molar-refractivity contribution in [3.8, 4) is 5.75 Å². The monoisotopic (exact) mass is 374 g/mol. The Bertz CT molecular complexity index is 614. The van der Waals surface area contributed by atoms with Crippen molar-refractivity contribution in [3.05, 3.63) is 28.2 Å². The number of halogens is 2. The Kier molecular flexibility index (Phi) is 5.96. The number of β-amino-alcohol motifs (C(OH)–C–C–N with tert-alkyl or cyclic N) is 1. The number of rotatable bonds is 7. The molecule has 3 amide bonds. The van der Waals surface area contributed by atoms with Gasteiger partial charge < -0.3 is 15.2 Å². The smallest absolute Gasteiger partial charge is 0.325 e. The molecule has 24 heavy (non-hydrogen) atoms. The summed E-state index contributed by atoms with van der Waals surface area (Å²) in [6.07, 6.45) is -0.0738. The largest absolute Gasteiger partial charge is 0.488 e. The lowest BCUT2D eigenvalue weighted by Gasteiger charge is -2.24. The number of aliphatic hydroxyl groups is 1. The number of carbonyl (C=O) groups excluding carboxylic acids is 2. The Labute approximate surface area is 150 Å². The summed E-state index contributed by atoms with van der Waals surface area (Å²) in [5, 5.41) is 13.5. The van der Waals surface area contributed by atoms with Gasteiger partial charge in [0.2, 0.25) is 0 Å². The number of nitrogens with one attached hydrogen (secondary N) is 1. The fourth-order valence-corrected chi connectivity index (χ4v) is 3.14. The molecule has 0 aliphatic carbocycles. The van der Waals surface area contributed by atoms with Gasteiger partial charge in [-0.05, 0) is 25.0 Å². The molecule has 1 fully saturated rings. The average molecular weight is 375 g/mol. The molecule has 1 heterocycles. The van der Waals surface area contributed by atoms with Gasteiger partial charge in [-0.15, -0.1) is 0 Å². The van der Waals surface area contributed by atoms with Gasteiger partial charge in [0.1, 0.15) is 18.2 Å². The number of benzene rings is 1. The Morgan fingerprint density at radius 2 is 1.83 bits per heavy atom. The summed E-state index contributed by atoms with van der Waals surface area (Å²) in [4.78, 5) is 25.5. The van der Waals surface area contributed by atoms with Crippen molar-refractivity contribution in [1.82, 2.24) is 10.2 Å². The first kappa shape index (κ1) is 18.8. The van der Waals surface area contributed by atoms with Crippen molar-refractivity contribution in [2.45, 2.75) is 38.3 Å². The van der Waals surface area contributed by atoms with Crippen LogP contribution in [0.3, 0.4) is 0 Å². The van der Waals surface area contributed by atoms with Crippen LogP contribution in [0.25, 0.3) is 0 Å². The number of nitrogens with zero attached hydrogens (tertiary/aromatic N) is 1. The highest BCUT2D eigenvalue weighted by Crippen LogP contribution is 2.32. The lowest BCUT2D eigenvalue weighted by Crippen LogP contribution is -2.46. The maximum Gasteiger partial charge on any atom is 0.325 e. The van der Waals surface area contributed by atoms with Gasteiger partial charge in [-0.1, -0.05) is 43.1 Å². The topological polar surface area (TPSA) is 78.9 Å². The minimum Gasteiger partial charge on any atom is -0.488 e. The van der Waals surface area contributed by atoms with Gasteiger partial charge in [0.25, 0.3) is 5.91 Å². The van der Waals surface area contributed by atoms with Gasteiger partial charge in [-0.25, -0.2) is 4.79 Å². The number of ether oxygens (including phenoxy) is 1. The lowest BCUT2D eigenvalue weighted by molar-refractivity contribution is -0.132. The first-order valence-corrected chi connectivity index (χ1v) is 8.49. The molecular formula is C16H20Cl2N2O4. The lowest BCUT2D eigenvalue weighted by atomic mass is 9.93. The van der Waals surface area contributed by atoms with Crippen LogP contribution in [0.2, 0.25) is 10.0 Å². The van der Waals surface area contributed by atoms with Crippen molar-refractivity contribution in [2.24, 2.45) is 0 Å². The zero-order chi connectivity index (χ0) is 17.9. The molecule has 0 radical (unpaired) electrons. The molecule has 0 bridgehead atoms. The van der Waals surface area contributed by atoms with Gasteiger partial charge in [0.15, 0.2) is 5.75 Å². The highest BCUT2D eigenvalue weighted by atomic mass is 35.5. The Morgan fingerprint density at radius 3 is 2.33 bits per heavy atom. The quantitative estimate of drug-likeness (QED) is 0.719. The van der Waals surface area contributed by atoms with Crippen LogP contribution in [0.4, 0.5) is 4.79 Å². The molecule has 1 aliphatic heterocycles. The highest BCUT2D eigenvalue weighted by molar-refractivity contribution is 6.37. The fraction of sp³-hybridized carbons (Fsp3) is 0.500. The molecule has 1 aliphatic rings. The van der Waals surface area contributed by atoms with Gasteiger partial charge in [0.05, 0.1) is 16.6 Å². The molecule has 1 aromatic rings. The van der Waals surface area contributed by atoms with E-state index in [0.717, 1.165) is 4.90 Å². The first-order valence-electron chi connectivity index (χ1n) is 7.73. The van der Waals surface area contributed by atoms with Crippen LogP contribution in [0.15, 0.2) is 18.2 Å². The van der Waals surface area contributed by atoms with E-state index in [1.54, 1.807) is 18.2 Å². The van der Waals surface area contributed by atoms with E-state index in [1.807, 2.05) is 13.8 Å². The van der Waals surface area contributed by atoms with E-state index >= 15 is 0 Å². The zero-order valence-electron chi connectivity index (χ0n) is 13.5. The second kappa shape index (κ2) is 7.59. The summed E-state index contributed by atoms with van der Waals surface area (Å²) >= 11 is 12.0. The average Bonchev–Trinajstić information content (AvgIpc) is 2.79. The van der Waals surface area contributed by atoms with Crippen LogP contribution in [0, 0.1) is 0 Å². The van der Waals surface area contributed by atoms with E-state index in [2.05, 4.69) is 5.32 Å². The number of urea groups is 1. The summed E-state index contributed by atoms with van der Waals surface area (Å²) < 4.78 is 5.43. The molecule has 1 atom stereocenters. The molecule has 8 heteroatoms. The Hall–Kier alpha value is -1.50. The second-order valence-corrected chi connectivity index (χ2v) is 6.47. The maximum absolute atomic E-state index is 12.5. The summed E-state index contributed by atoms with van der Waals surface area (Å²) in [6, 6.07) is 4.40. The van der Waals surface area contributed by atoms with E-state index in [9.17, 15) is 14.7 Å². The third-order valence-electron chi connectivity index (χ3n) is 4.19. The second-order valence-electron chi connectivity index (χ2n) is 5.65. The van der Waals surface area contributed by atoms with Crippen LogP contribution in [0.5, 0.6) is 5.75 Å². The van der Waals surface area contributed by atoms with E-state index in [-0.39, 0.29) is 24.8 Å². The number of aliphatic hydroxyl groups excluding tert-OH is 1. The van der Waals surface area contributed by atoms with Crippen LogP contribution in [0.1, 0.15) is 26.7 Å². The number of para-hydroxylation sites is 1.